The molecule has 2 atom stereocenters. The van der Waals surface area contributed by atoms with Crippen LogP contribution in [0.2, 0.25) is 0 Å². The number of benzene rings is 1. The van der Waals surface area contributed by atoms with Gasteiger partial charge in [-0.3, -0.25) is 0 Å². The molecule has 0 bridgehead atoms. The Labute approximate surface area is 159 Å². The number of aromatic nitrogens is 3. The number of thioether (sulfide) groups is 1. The molecule has 142 valence electrons. The molecule has 0 aliphatic heterocycles. The van der Waals surface area contributed by atoms with Crippen molar-refractivity contribution in [2.24, 2.45) is 0 Å². The summed E-state index contributed by atoms with van der Waals surface area (Å²) in [6, 6.07) is 5.91. The summed E-state index contributed by atoms with van der Waals surface area (Å²) in [5.74, 6) is -1.01. The second kappa shape index (κ2) is 7.93. The maximum Gasteiger partial charge on any atom is 0.341 e. The molecule has 3 aromatic rings. The Hall–Kier alpha value is -2.65. The van der Waals surface area contributed by atoms with Crippen LogP contribution in [0.4, 0.5) is 10.2 Å². The van der Waals surface area contributed by atoms with Crippen LogP contribution in [0.1, 0.15) is 35.8 Å². The van der Waals surface area contributed by atoms with Gasteiger partial charge >= 0.3 is 5.97 Å². The normalized spacial score (nSPS) is 13.5. The summed E-state index contributed by atoms with van der Waals surface area (Å²) in [5.41, 5.74) is 0.960. The summed E-state index contributed by atoms with van der Waals surface area (Å²) in [6.07, 6.45) is 2.86. The number of aromatic carboxylic acids is 1. The van der Waals surface area contributed by atoms with E-state index in [1.54, 1.807) is 18.3 Å². The number of aliphatic hydroxyl groups excluding tert-OH is 1. The van der Waals surface area contributed by atoms with E-state index in [1.165, 1.54) is 34.6 Å². The Balaban J connectivity index is 1.90. The molecule has 0 saturated heterocycles. The lowest BCUT2D eigenvalue weighted by atomic mass is 10.1. The number of hydrogen-bond donors (Lipinski definition) is 3. The van der Waals surface area contributed by atoms with Crippen LogP contribution in [-0.4, -0.2) is 42.6 Å². The highest BCUT2D eigenvalue weighted by Crippen LogP contribution is 2.32. The number of rotatable bonds is 7. The van der Waals surface area contributed by atoms with Gasteiger partial charge in [-0.1, -0.05) is 6.92 Å². The van der Waals surface area contributed by atoms with Crippen LogP contribution in [0.3, 0.4) is 0 Å². The molecule has 0 spiro atoms. The SMILES string of the molecule is CC(CO)Sc1ccc(F)cc1[C@@H](C)Nc1ccn2ncc(C(=O)O)c2n1. The lowest BCUT2D eigenvalue weighted by molar-refractivity contribution is 0.0698. The Bertz CT molecular complexity index is 978. The van der Waals surface area contributed by atoms with E-state index >= 15 is 0 Å². The van der Waals surface area contributed by atoms with Crippen molar-refractivity contribution < 1.29 is 19.4 Å². The first-order chi connectivity index (χ1) is 12.9. The van der Waals surface area contributed by atoms with E-state index in [0.29, 0.717) is 5.82 Å². The van der Waals surface area contributed by atoms with E-state index in [4.69, 9.17) is 0 Å². The molecule has 27 heavy (non-hydrogen) atoms. The van der Waals surface area contributed by atoms with Crippen LogP contribution < -0.4 is 5.32 Å². The van der Waals surface area contributed by atoms with Gasteiger partial charge in [0, 0.05) is 16.3 Å². The number of carboxylic acid groups (broad SMARTS) is 1. The maximum atomic E-state index is 13.8. The van der Waals surface area contributed by atoms with Crippen molar-refractivity contribution in [2.75, 3.05) is 11.9 Å². The summed E-state index contributed by atoms with van der Waals surface area (Å²) in [4.78, 5) is 16.4. The zero-order valence-electron chi connectivity index (χ0n) is 14.8. The lowest BCUT2D eigenvalue weighted by Crippen LogP contribution is -2.11. The Morgan fingerprint density at radius 3 is 2.85 bits per heavy atom. The average Bonchev–Trinajstić information content (AvgIpc) is 3.06. The zero-order valence-corrected chi connectivity index (χ0v) is 15.6. The Morgan fingerprint density at radius 2 is 2.15 bits per heavy atom. The predicted molar refractivity (Wildman–Crippen MR) is 101 cm³/mol. The fourth-order valence-corrected chi connectivity index (χ4v) is 3.65. The van der Waals surface area contributed by atoms with Gasteiger partial charge in [-0.25, -0.2) is 18.7 Å². The molecule has 3 N–H and O–H groups in total. The second-order valence-corrected chi connectivity index (χ2v) is 7.58. The van der Waals surface area contributed by atoms with Crippen LogP contribution in [-0.2, 0) is 0 Å². The molecule has 9 heteroatoms. The molecule has 0 amide bonds. The van der Waals surface area contributed by atoms with Crippen molar-refractivity contribution in [3.05, 3.63) is 53.6 Å². The van der Waals surface area contributed by atoms with E-state index < -0.39 is 5.97 Å². The number of fused-ring (bicyclic) bond motifs is 1. The van der Waals surface area contributed by atoms with Gasteiger partial charge in [-0.2, -0.15) is 5.10 Å². The van der Waals surface area contributed by atoms with Crippen LogP contribution in [0, 0.1) is 5.82 Å². The second-order valence-electron chi connectivity index (χ2n) is 6.10. The fourth-order valence-electron chi connectivity index (χ4n) is 2.62. The first-order valence-corrected chi connectivity index (χ1v) is 9.18. The van der Waals surface area contributed by atoms with Gasteiger partial charge in [0.25, 0.3) is 0 Å². The number of nitrogens with one attached hydrogen (secondary N) is 1. The van der Waals surface area contributed by atoms with Gasteiger partial charge in [0.2, 0.25) is 0 Å². The number of aliphatic hydroxyl groups is 1. The minimum atomic E-state index is -1.11. The molecule has 2 heterocycles. The van der Waals surface area contributed by atoms with Crippen LogP contribution in [0.25, 0.3) is 5.65 Å². The Morgan fingerprint density at radius 1 is 1.37 bits per heavy atom. The third-order valence-corrected chi connectivity index (χ3v) is 5.16. The first kappa shape index (κ1) is 19.1. The summed E-state index contributed by atoms with van der Waals surface area (Å²) in [6.45, 7) is 3.77. The van der Waals surface area contributed by atoms with Gasteiger partial charge in [-0.05, 0) is 36.8 Å². The Kier molecular flexibility index (Phi) is 5.62. The predicted octanol–water partition coefficient (Wildman–Crippen LogP) is 3.21. The van der Waals surface area contributed by atoms with Crippen molar-refractivity contribution in [3.8, 4) is 0 Å². The molecule has 7 nitrogen and oxygen atoms in total. The van der Waals surface area contributed by atoms with Crippen molar-refractivity contribution >= 4 is 29.2 Å². The van der Waals surface area contributed by atoms with Gasteiger partial charge in [0.05, 0.1) is 18.8 Å². The lowest BCUT2D eigenvalue weighted by Gasteiger charge is -2.20. The summed E-state index contributed by atoms with van der Waals surface area (Å²) in [7, 11) is 0. The van der Waals surface area contributed by atoms with Gasteiger partial charge < -0.3 is 15.5 Å². The number of halogens is 1. The van der Waals surface area contributed by atoms with Crippen molar-refractivity contribution in [1.29, 1.82) is 0 Å². The molecule has 1 unspecified atom stereocenters. The summed E-state index contributed by atoms with van der Waals surface area (Å²) in [5, 5.41) is 25.6. The number of nitrogens with zero attached hydrogens (tertiary/aromatic N) is 3. The van der Waals surface area contributed by atoms with Gasteiger partial charge in [0.15, 0.2) is 5.65 Å². The largest absolute Gasteiger partial charge is 0.477 e. The molecule has 0 saturated carbocycles. The highest BCUT2D eigenvalue weighted by molar-refractivity contribution is 8.00. The third kappa shape index (κ3) is 4.20. The molecule has 0 aliphatic carbocycles. The van der Waals surface area contributed by atoms with Gasteiger partial charge in [-0.15, -0.1) is 11.8 Å². The van der Waals surface area contributed by atoms with E-state index in [0.717, 1.165) is 10.5 Å². The first-order valence-electron chi connectivity index (χ1n) is 8.30. The standard InChI is InChI=1S/C18H19FN4O3S/c1-10(9-24)27-15-4-3-12(19)7-13(15)11(2)21-16-5-6-23-17(22-16)14(8-20-23)18(25)26/h3-8,10-11,24H,9H2,1-2H3,(H,21,22)(H,25,26)/t10?,11-/m1/s1. The third-order valence-electron chi connectivity index (χ3n) is 3.99. The molecule has 3 rings (SSSR count). The molecular formula is C18H19FN4O3S. The zero-order chi connectivity index (χ0) is 19.6. The molecule has 1 aromatic carbocycles. The van der Waals surface area contributed by atoms with E-state index in [-0.39, 0.29) is 34.9 Å². The molecule has 0 radical (unpaired) electrons. The quantitative estimate of drug-likeness (QED) is 0.533. The van der Waals surface area contributed by atoms with Crippen molar-refractivity contribution in [3.63, 3.8) is 0 Å². The van der Waals surface area contributed by atoms with E-state index in [1.807, 2.05) is 13.8 Å². The van der Waals surface area contributed by atoms with E-state index in [9.17, 15) is 19.4 Å². The van der Waals surface area contributed by atoms with E-state index in [2.05, 4.69) is 15.4 Å². The minimum Gasteiger partial charge on any atom is -0.477 e. The van der Waals surface area contributed by atoms with Crippen LogP contribution in [0.5, 0.6) is 0 Å². The molecular weight excluding hydrogens is 371 g/mol. The number of anilines is 1. The van der Waals surface area contributed by atoms with Crippen molar-refractivity contribution in [2.45, 2.75) is 30.0 Å². The number of hydrogen-bond acceptors (Lipinski definition) is 6. The molecule has 0 aliphatic rings. The van der Waals surface area contributed by atoms with Crippen LogP contribution >= 0.6 is 11.8 Å². The van der Waals surface area contributed by atoms with Crippen molar-refractivity contribution in [1.82, 2.24) is 14.6 Å². The smallest absolute Gasteiger partial charge is 0.341 e. The topological polar surface area (TPSA) is 99.8 Å². The average molecular weight is 390 g/mol. The van der Waals surface area contributed by atoms with Crippen LogP contribution in [0.15, 0.2) is 41.6 Å². The summed E-state index contributed by atoms with van der Waals surface area (Å²) >= 11 is 1.46. The fraction of sp³-hybridized carbons (Fsp3) is 0.278. The highest BCUT2D eigenvalue weighted by Gasteiger charge is 2.17. The molecule has 2 aromatic heterocycles. The van der Waals surface area contributed by atoms with Gasteiger partial charge in [0.1, 0.15) is 17.2 Å². The number of carboxylic acids is 1. The molecule has 0 fully saturated rings. The summed E-state index contributed by atoms with van der Waals surface area (Å²) < 4.78 is 15.2. The minimum absolute atomic E-state index is 0.00470. The monoisotopic (exact) mass is 390 g/mol. The highest BCUT2D eigenvalue weighted by atomic mass is 32.2. The maximum absolute atomic E-state index is 13.8. The number of carbonyl (C=O) groups is 1.